The van der Waals surface area contributed by atoms with Crippen molar-refractivity contribution in [2.24, 2.45) is 0 Å². The number of carbonyl (C=O) groups excluding carboxylic acids is 1. The van der Waals surface area contributed by atoms with Crippen molar-refractivity contribution in [1.82, 2.24) is 4.98 Å². The molecule has 0 aliphatic rings. The highest BCUT2D eigenvalue weighted by Gasteiger charge is 2.13. The van der Waals surface area contributed by atoms with Gasteiger partial charge in [0.1, 0.15) is 11.6 Å². The van der Waals surface area contributed by atoms with Crippen molar-refractivity contribution in [1.29, 1.82) is 0 Å². The Bertz CT molecular complexity index is 939. The van der Waals surface area contributed by atoms with Gasteiger partial charge in [-0.05, 0) is 74.9 Å². The molecule has 144 valence electrons. The maximum absolute atomic E-state index is 12.7. The maximum Gasteiger partial charge on any atom is 0.255 e. The minimum absolute atomic E-state index is 0.173. The van der Waals surface area contributed by atoms with Crippen LogP contribution < -0.4 is 15.0 Å². The molecule has 0 bridgehead atoms. The Labute approximate surface area is 166 Å². The number of anilines is 3. The second-order valence-corrected chi connectivity index (χ2v) is 6.40. The summed E-state index contributed by atoms with van der Waals surface area (Å²) in [4.78, 5) is 19.2. The average molecular weight is 375 g/mol. The van der Waals surface area contributed by atoms with Gasteiger partial charge < -0.3 is 15.0 Å². The lowest BCUT2D eigenvalue weighted by atomic mass is 10.2. The predicted molar refractivity (Wildman–Crippen MR) is 114 cm³/mol. The van der Waals surface area contributed by atoms with Gasteiger partial charge in [0.05, 0.1) is 6.61 Å². The van der Waals surface area contributed by atoms with Crippen LogP contribution in [0.15, 0.2) is 66.9 Å². The van der Waals surface area contributed by atoms with Crippen LogP contribution in [0, 0.1) is 6.92 Å². The smallest absolute Gasteiger partial charge is 0.255 e. The molecule has 0 fully saturated rings. The van der Waals surface area contributed by atoms with Gasteiger partial charge in [0.2, 0.25) is 0 Å². The zero-order valence-electron chi connectivity index (χ0n) is 16.5. The van der Waals surface area contributed by atoms with E-state index in [1.807, 2.05) is 49.4 Å². The Hall–Kier alpha value is -3.34. The predicted octanol–water partition coefficient (Wildman–Crippen LogP) is 5.20. The van der Waals surface area contributed by atoms with Crippen molar-refractivity contribution >= 4 is 23.1 Å². The van der Waals surface area contributed by atoms with E-state index in [0.717, 1.165) is 29.5 Å². The Morgan fingerprint density at radius 3 is 2.54 bits per heavy atom. The van der Waals surface area contributed by atoms with Crippen molar-refractivity contribution in [3.8, 4) is 5.75 Å². The molecule has 5 nitrogen and oxygen atoms in total. The molecule has 2 aromatic carbocycles. The number of ether oxygens (including phenoxy) is 1. The third-order valence-corrected chi connectivity index (χ3v) is 4.34. The van der Waals surface area contributed by atoms with E-state index in [9.17, 15) is 4.79 Å². The van der Waals surface area contributed by atoms with Gasteiger partial charge in [-0.3, -0.25) is 4.79 Å². The molecule has 5 heteroatoms. The lowest BCUT2D eigenvalue weighted by molar-refractivity contribution is 0.102. The van der Waals surface area contributed by atoms with E-state index in [1.54, 1.807) is 12.3 Å². The van der Waals surface area contributed by atoms with Gasteiger partial charge in [-0.15, -0.1) is 0 Å². The van der Waals surface area contributed by atoms with Crippen LogP contribution in [0.4, 0.5) is 17.2 Å². The molecule has 0 saturated carbocycles. The van der Waals surface area contributed by atoms with E-state index in [-0.39, 0.29) is 5.91 Å². The van der Waals surface area contributed by atoms with Crippen molar-refractivity contribution < 1.29 is 9.53 Å². The first-order chi connectivity index (χ1) is 13.6. The number of amides is 1. The van der Waals surface area contributed by atoms with Crippen LogP contribution in [-0.4, -0.2) is 24.0 Å². The van der Waals surface area contributed by atoms with E-state index >= 15 is 0 Å². The lowest BCUT2D eigenvalue weighted by Crippen LogP contribution is -2.19. The molecule has 1 amide bonds. The summed E-state index contributed by atoms with van der Waals surface area (Å²) in [6, 6.07) is 19.1. The van der Waals surface area contributed by atoms with E-state index in [4.69, 9.17) is 4.74 Å². The molecular formula is C23H25N3O2. The van der Waals surface area contributed by atoms with Crippen molar-refractivity contribution in [2.75, 3.05) is 23.4 Å². The van der Waals surface area contributed by atoms with E-state index < -0.39 is 0 Å². The van der Waals surface area contributed by atoms with E-state index in [2.05, 4.69) is 41.2 Å². The summed E-state index contributed by atoms with van der Waals surface area (Å²) in [5, 5.41) is 2.92. The molecule has 0 atom stereocenters. The molecule has 0 radical (unpaired) electrons. The summed E-state index contributed by atoms with van der Waals surface area (Å²) in [5.41, 5.74) is 3.52. The highest BCUT2D eigenvalue weighted by molar-refractivity contribution is 6.04. The van der Waals surface area contributed by atoms with Crippen molar-refractivity contribution in [3.63, 3.8) is 0 Å². The number of carbonyl (C=O) groups is 1. The Morgan fingerprint density at radius 2 is 1.86 bits per heavy atom. The fourth-order valence-corrected chi connectivity index (χ4v) is 2.98. The first-order valence-corrected chi connectivity index (χ1v) is 9.45. The monoisotopic (exact) mass is 375 g/mol. The Morgan fingerprint density at radius 1 is 1.07 bits per heavy atom. The zero-order valence-corrected chi connectivity index (χ0v) is 16.5. The number of rotatable bonds is 7. The minimum atomic E-state index is -0.173. The minimum Gasteiger partial charge on any atom is -0.494 e. The first kappa shape index (κ1) is 19.4. The fourth-order valence-electron chi connectivity index (χ4n) is 2.98. The summed E-state index contributed by atoms with van der Waals surface area (Å²) in [7, 11) is 0. The first-order valence-electron chi connectivity index (χ1n) is 9.45. The lowest BCUT2D eigenvalue weighted by Gasteiger charge is -2.23. The molecule has 28 heavy (non-hydrogen) atoms. The summed E-state index contributed by atoms with van der Waals surface area (Å²) in [6.45, 7) is 7.43. The summed E-state index contributed by atoms with van der Waals surface area (Å²) in [6.07, 6.45) is 1.67. The molecule has 0 aliphatic heterocycles. The van der Waals surface area contributed by atoms with Gasteiger partial charge in [0.15, 0.2) is 0 Å². The Kier molecular flexibility index (Phi) is 6.27. The molecule has 1 N–H and O–H groups in total. The number of aromatic nitrogens is 1. The summed E-state index contributed by atoms with van der Waals surface area (Å²) >= 11 is 0. The third-order valence-electron chi connectivity index (χ3n) is 4.34. The molecular weight excluding hydrogens is 350 g/mol. The van der Waals surface area contributed by atoms with Crippen LogP contribution in [0.1, 0.15) is 29.8 Å². The molecule has 1 aromatic heterocycles. The Balaban J connectivity index is 1.78. The SMILES string of the molecule is CCOc1ccc(NC(=O)c2ccnc(N(CC)c3cccc(C)c3)c2)cc1. The standard InChI is InChI=1S/C23H25N3O2/c1-4-26(20-8-6-7-17(3)15-20)22-16-18(13-14-24-22)23(27)25-19-9-11-21(12-10-19)28-5-2/h6-16H,4-5H2,1-3H3,(H,25,27). The molecule has 0 saturated heterocycles. The molecule has 1 heterocycles. The topological polar surface area (TPSA) is 54.5 Å². The molecule has 0 unspecified atom stereocenters. The van der Waals surface area contributed by atoms with Crippen LogP contribution in [0.25, 0.3) is 0 Å². The van der Waals surface area contributed by atoms with Crippen LogP contribution in [0.2, 0.25) is 0 Å². The largest absolute Gasteiger partial charge is 0.494 e. The molecule has 3 aromatic rings. The van der Waals surface area contributed by atoms with Gasteiger partial charge in [-0.2, -0.15) is 0 Å². The average Bonchev–Trinajstić information content (AvgIpc) is 2.71. The van der Waals surface area contributed by atoms with Crippen LogP contribution in [-0.2, 0) is 0 Å². The van der Waals surface area contributed by atoms with Crippen molar-refractivity contribution in [3.05, 3.63) is 78.0 Å². The second kappa shape index (κ2) is 9.04. The van der Waals surface area contributed by atoms with E-state index in [0.29, 0.717) is 12.2 Å². The van der Waals surface area contributed by atoms with Crippen LogP contribution >= 0.6 is 0 Å². The van der Waals surface area contributed by atoms with Gasteiger partial charge >= 0.3 is 0 Å². The van der Waals surface area contributed by atoms with Gasteiger partial charge in [0, 0.05) is 29.7 Å². The molecule has 0 aliphatic carbocycles. The molecule has 0 spiro atoms. The second-order valence-electron chi connectivity index (χ2n) is 6.40. The van der Waals surface area contributed by atoms with E-state index in [1.165, 1.54) is 5.56 Å². The number of aryl methyl sites for hydroxylation is 1. The maximum atomic E-state index is 12.7. The summed E-state index contributed by atoms with van der Waals surface area (Å²) < 4.78 is 5.43. The number of nitrogens with zero attached hydrogens (tertiary/aromatic N) is 2. The summed E-state index contributed by atoms with van der Waals surface area (Å²) in [5.74, 6) is 1.35. The number of pyridine rings is 1. The van der Waals surface area contributed by atoms with Gasteiger partial charge in [-0.25, -0.2) is 4.98 Å². The quantitative estimate of drug-likeness (QED) is 0.617. The number of hydrogen-bond acceptors (Lipinski definition) is 4. The van der Waals surface area contributed by atoms with Crippen LogP contribution in [0.5, 0.6) is 5.75 Å². The van der Waals surface area contributed by atoms with Gasteiger partial charge in [-0.1, -0.05) is 12.1 Å². The number of nitrogens with one attached hydrogen (secondary N) is 1. The van der Waals surface area contributed by atoms with Crippen molar-refractivity contribution in [2.45, 2.75) is 20.8 Å². The fraction of sp³-hybridized carbons (Fsp3) is 0.217. The molecule has 3 rings (SSSR count). The van der Waals surface area contributed by atoms with Crippen LogP contribution in [0.3, 0.4) is 0 Å². The number of hydrogen-bond donors (Lipinski definition) is 1. The highest BCUT2D eigenvalue weighted by Crippen LogP contribution is 2.25. The highest BCUT2D eigenvalue weighted by atomic mass is 16.5. The number of benzene rings is 2. The normalized spacial score (nSPS) is 10.4. The third kappa shape index (κ3) is 4.68. The zero-order chi connectivity index (χ0) is 19.9. The van der Waals surface area contributed by atoms with Gasteiger partial charge in [0.25, 0.3) is 5.91 Å².